The first-order chi connectivity index (χ1) is 7.72. The van der Waals surface area contributed by atoms with Crippen molar-refractivity contribution in [2.75, 3.05) is 13.1 Å². The molecule has 90 valence electrons. The van der Waals surface area contributed by atoms with Crippen LogP contribution in [0, 0.1) is 6.92 Å². The van der Waals surface area contributed by atoms with Gasteiger partial charge < -0.3 is 5.32 Å². The Morgan fingerprint density at radius 3 is 2.88 bits per heavy atom. The zero-order valence-electron chi connectivity index (χ0n) is 10.6. The van der Waals surface area contributed by atoms with Gasteiger partial charge in [0.1, 0.15) is 0 Å². The summed E-state index contributed by atoms with van der Waals surface area (Å²) < 4.78 is 0. The van der Waals surface area contributed by atoms with E-state index in [0.717, 1.165) is 13.1 Å². The van der Waals surface area contributed by atoms with E-state index in [2.05, 4.69) is 50.4 Å². The highest BCUT2D eigenvalue weighted by Gasteiger charge is 2.03. The summed E-state index contributed by atoms with van der Waals surface area (Å²) in [4.78, 5) is 1.38. The Morgan fingerprint density at radius 1 is 1.38 bits per heavy atom. The molecule has 0 radical (unpaired) electrons. The molecule has 1 aromatic carbocycles. The lowest BCUT2D eigenvalue weighted by Gasteiger charge is -2.12. The number of rotatable bonds is 7. The molecule has 0 saturated heterocycles. The van der Waals surface area contributed by atoms with Crippen molar-refractivity contribution >= 4 is 11.8 Å². The van der Waals surface area contributed by atoms with Crippen LogP contribution in [0.2, 0.25) is 0 Å². The number of thioether (sulfide) groups is 1. The van der Waals surface area contributed by atoms with Crippen molar-refractivity contribution in [1.29, 1.82) is 0 Å². The SMILES string of the molecule is CCCCNCC(C)Sc1cccc(C)c1. The zero-order valence-corrected chi connectivity index (χ0v) is 11.4. The molecule has 1 nitrogen and oxygen atoms in total. The summed E-state index contributed by atoms with van der Waals surface area (Å²) in [5.41, 5.74) is 1.34. The minimum Gasteiger partial charge on any atom is -0.316 e. The monoisotopic (exact) mass is 237 g/mol. The first-order valence-corrected chi connectivity index (χ1v) is 7.04. The van der Waals surface area contributed by atoms with Gasteiger partial charge in [-0.3, -0.25) is 0 Å². The summed E-state index contributed by atoms with van der Waals surface area (Å²) >= 11 is 1.95. The van der Waals surface area contributed by atoms with E-state index in [-0.39, 0.29) is 0 Å². The van der Waals surface area contributed by atoms with Gasteiger partial charge in [-0.05, 0) is 32.0 Å². The van der Waals surface area contributed by atoms with Crippen LogP contribution in [0.3, 0.4) is 0 Å². The molecule has 1 atom stereocenters. The van der Waals surface area contributed by atoms with Crippen molar-refractivity contribution < 1.29 is 0 Å². The Hall–Kier alpha value is -0.470. The van der Waals surface area contributed by atoms with Crippen LogP contribution in [-0.4, -0.2) is 18.3 Å². The fourth-order valence-electron chi connectivity index (χ4n) is 1.57. The standard InChI is InChI=1S/C14H23NS/c1-4-5-9-15-11-13(3)16-14-8-6-7-12(2)10-14/h6-8,10,13,15H,4-5,9,11H2,1-3H3. The molecular formula is C14H23NS. The largest absolute Gasteiger partial charge is 0.316 e. The van der Waals surface area contributed by atoms with E-state index in [0.29, 0.717) is 5.25 Å². The minimum absolute atomic E-state index is 0.638. The zero-order chi connectivity index (χ0) is 11.8. The Labute approximate surface area is 104 Å². The highest BCUT2D eigenvalue weighted by Crippen LogP contribution is 2.23. The second-order valence-corrected chi connectivity index (χ2v) is 5.81. The molecule has 0 aliphatic rings. The smallest absolute Gasteiger partial charge is 0.0191 e. The van der Waals surface area contributed by atoms with Crippen LogP contribution >= 0.6 is 11.8 Å². The number of hydrogen-bond acceptors (Lipinski definition) is 2. The van der Waals surface area contributed by atoms with Crippen molar-refractivity contribution in [3.8, 4) is 0 Å². The normalized spacial score (nSPS) is 12.7. The Bertz CT molecular complexity index is 299. The average Bonchev–Trinajstić information content (AvgIpc) is 2.24. The highest BCUT2D eigenvalue weighted by atomic mass is 32.2. The molecular weight excluding hydrogens is 214 g/mol. The lowest BCUT2D eigenvalue weighted by atomic mass is 10.2. The van der Waals surface area contributed by atoms with Crippen LogP contribution in [0.15, 0.2) is 29.2 Å². The molecule has 0 aliphatic heterocycles. The van der Waals surface area contributed by atoms with Gasteiger partial charge in [0.2, 0.25) is 0 Å². The Kier molecular flexibility index (Phi) is 6.58. The van der Waals surface area contributed by atoms with Crippen LogP contribution in [0.5, 0.6) is 0 Å². The maximum atomic E-state index is 3.50. The fraction of sp³-hybridized carbons (Fsp3) is 0.571. The first kappa shape index (κ1) is 13.6. The number of aryl methyl sites for hydroxylation is 1. The second-order valence-electron chi connectivity index (χ2n) is 4.30. The molecule has 0 bridgehead atoms. The van der Waals surface area contributed by atoms with Crippen molar-refractivity contribution in [2.24, 2.45) is 0 Å². The molecule has 0 amide bonds. The predicted octanol–water partition coefficient (Wildman–Crippen LogP) is 3.87. The van der Waals surface area contributed by atoms with E-state index >= 15 is 0 Å². The van der Waals surface area contributed by atoms with Crippen molar-refractivity contribution in [3.63, 3.8) is 0 Å². The van der Waals surface area contributed by atoms with E-state index in [1.54, 1.807) is 0 Å². The molecule has 1 unspecified atom stereocenters. The molecule has 0 aliphatic carbocycles. The first-order valence-electron chi connectivity index (χ1n) is 6.16. The quantitative estimate of drug-likeness (QED) is 0.571. The summed E-state index contributed by atoms with van der Waals surface area (Å²) in [6, 6.07) is 8.73. The number of benzene rings is 1. The Balaban J connectivity index is 2.25. The van der Waals surface area contributed by atoms with Crippen LogP contribution in [0.1, 0.15) is 32.3 Å². The van der Waals surface area contributed by atoms with E-state index in [1.807, 2.05) is 11.8 Å². The van der Waals surface area contributed by atoms with Crippen molar-refractivity contribution in [2.45, 2.75) is 43.8 Å². The maximum absolute atomic E-state index is 3.50. The summed E-state index contributed by atoms with van der Waals surface area (Å²) in [5.74, 6) is 0. The second kappa shape index (κ2) is 7.75. The summed E-state index contributed by atoms with van der Waals surface area (Å²) in [6.07, 6.45) is 2.55. The van der Waals surface area contributed by atoms with Gasteiger partial charge in [-0.25, -0.2) is 0 Å². The van der Waals surface area contributed by atoms with Crippen LogP contribution < -0.4 is 5.32 Å². The lowest BCUT2D eigenvalue weighted by Crippen LogP contribution is -2.23. The van der Waals surface area contributed by atoms with Crippen LogP contribution in [0.4, 0.5) is 0 Å². The van der Waals surface area contributed by atoms with E-state index in [9.17, 15) is 0 Å². The molecule has 2 heteroatoms. The van der Waals surface area contributed by atoms with Gasteiger partial charge in [0.05, 0.1) is 0 Å². The molecule has 1 N–H and O–H groups in total. The maximum Gasteiger partial charge on any atom is 0.0191 e. The molecule has 1 rings (SSSR count). The van der Waals surface area contributed by atoms with Gasteiger partial charge in [-0.15, -0.1) is 11.8 Å². The van der Waals surface area contributed by atoms with E-state index in [1.165, 1.54) is 23.3 Å². The Morgan fingerprint density at radius 2 is 2.19 bits per heavy atom. The lowest BCUT2D eigenvalue weighted by molar-refractivity contribution is 0.638. The van der Waals surface area contributed by atoms with Gasteiger partial charge in [-0.1, -0.05) is 38.0 Å². The minimum atomic E-state index is 0.638. The number of unbranched alkanes of at least 4 members (excludes halogenated alkanes) is 1. The molecule has 0 heterocycles. The van der Waals surface area contributed by atoms with E-state index in [4.69, 9.17) is 0 Å². The third kappa shape index (κ3) is 5.57. The third-order valence-corrected chi connectivity index (χ3v) is 3.56. The van der Waals surface area contributed by atoms with Gasteiger partial charge in [0.25, 0.3) is 0 Å². The van der Waals surface area contributed by atoms with Crippen LogP contribution in [0.25, 0.3) is 0 Å². The number of nitrogens with one attached hydrogen (secondary N) is 1. The highest BCUT2D eigenvalue weighted by molar-refractivity contribution is 8.00. The van der Waals surface area contributed by atoms with Crippen molar-refractivity contribution in [1.82, 2.24) is 5.32 Å². The summed E-state index contributed by atoms with van der Waals surface area (Å²) in [7, 11) is 0. The van der Waals surface area contributed by atoms with Crippen molar-refractivity contribution in [3.05, 3.63) is 29.8 Å². The molecule has 0 fully saturated rings. The fourth-order valence-corrected chi connectivity index (χ4v) is 2.65. The van der Waals surface area contributed by atoms with Gasteiger partial charge in [0.15, 0.2) is 0 Å². The number of hydrogen-bond donors (Lipinski definition) is 1. The molecule has 1 aromatic rings. The molecule has 0 spiro atoms. The topological polar surface area (TPSA) is 12.0 Å². The van der Waals surface area contributed by atoms with Gasteiger partial charge in [-0.2, -0.15) is 0 Å². The molecule has 16 heavy (non-hydrogen) atoms. The summed E-state index contributed by atoms with van der Waals surface area (Å²) in [5, 5.41) is 4.14. The average molecular weight is 237 g/mol. The molecule has 0 aromatic heterocycles. The van der Waals surface area contributed by atoms with Gasteiger partial charge in [0, 0.05) is 16.7 Å². The van der Waals surface area contributed by atoms with E-state index < -0.39 is 0 Å². The molecule has 0 saturated carbocycles. The predicted molar refractivity (Wildman–Crippen MR) is 74.3 cm³/mol. The summed E-state index contributed by atoms with van der Waals surface area (Å²) in [6.45, 7) is 8.90. The van der Waals surface area contributed by atoms with Crippen LogP contribution in [-0.2, 0) is 0 Å². The third-order valence-electron chi connectivity index (χ3n) is 2.47. The van der Waals surface area contributed by atoms with Gasteiger partial charge >= 0.3 is 0 Å².